The van der Waals surface area contributed by atoms with Gasteiger partial charge in [0.15, 0.2) is 0 Å². The summed E-state index contributed by atoms with van der Waals surface area (Å²) in [6.07, 6.45) is 0.237. The zero-order valence-electron chi connectivity index (χ0n) is 9.84. The van der Waals surface area contributed by atoms with E-state index < -0.39 is 23.9 Å². The van der Waals surface area contributed by atoms with Crippen LogP contribution < -0.4 is 10.6 Å². The minimum absolute atomic E-state index is 0.00500. The molecular formula is C11H11BrClFN2O3. The second-order valence-electron chi connectivity index (χ2n) is 3.64. The van der Waals surface area contributed by atoms with Gasteiger partial charge in [-0.3, -0.25) is 0 Å². The molecule has 19 heavy (non-hydrogen) atoms. The monoisotopic (exact) mass is 352 g/mol. The third-order valence-electron chi connectivity index (χ3n) is 2.26. The van der Waals surface area contributed by atoms with E-state index in [1.807, 2.05) is 0 Å². The van der Waals surface area contributed by atoms with Crippen LogP contribution in [0.2, 0.25) is 5.02 Å². The van der Waals surface area contributed by atoms with Crippen LogP contribution >= 0.6 is 27.5 Å². The van der Waals surface area contributed by atoms with Gasteiger partial charge in [0.1, 0.15) is 11.9 Å². The summed E-state index contributed by atoms with van der Waals surface area (Å²) in [4.78, 5) is 22.4. The van der Waals surface area contributed by atoms with E-state index in [9.17, 15) is 14.0 Å². The van der Waals surface area contributed by atoms with Crippen molar-refractivity contribution in [3.8, 4) is 0 Å². The summed E-state index contributed by atoms with van der Waals surface area (Å²) >= 11 is 8.84. The molecule has 0 heterocycles. The smallest absolute Gasteiger partial charge is 0.326 e. The Morgan fingerprint density at radius 1 is 1.53 bits per heavy atom. The van der Waals surface area contributed by atoms with E-state index in [2.05, 4.69) is 26.6 Å². The standard InChI is InChI=1S/C11H11BrClFN2O3/c1-2-8(10(17)18)15-11(19)16-9-6(12)3-5(14)4-7(9)13/h3-4,8H,2H2,1H3,(H,17,18)(H2,15,16,19)/t8-/m1/s1. The van der Waals surface area contributed by atoms with Crippen molar-refractivity contribution in [1.29, 1.82) is 0 Å². The van der Waals surface area contributed by atoms with Crippen molar-refractivity contribution in [2.24, 2.45) is 0 Å². The third-order valence-corrected chi connectivity index (χ3v) is 3.18. The number of carboxylic acid groups (broad SMARTS) is 1. The molecule has 1 atom stereocenters. The lowest BCUT2D eigenvalue weighted by Gasteiger charge is -2.14. The van der Waals surface area contributed by atoms with Gasteiger partial charge in [-0.25, -0.2) is 14.0 Å². The highest BCUT2D eigenvalue weighted by atomic mass is 79.9. The molecule has 2 amide bonds. The van der Waals surface area contributed by atoms with Crippen LogP contribution in [0, 0.1) is 5.82 Å². The molecule has 0 aromatic heterocycles. The fourth-order valence-corrected chi connectivity index (χ4v) is 2.21. The highest BCUT2D eigenvalue weighted by Gasteiger charge is 2.19. The van der Waals surface area contributed by atoms with Crippen LogP contribution in [0.25, 0.3) is 0 Å². The first kappa shape index (κ1) is 15.7. The number of nitrogens with one attached hydrogen (secondary N) is 2. The first-order valence-electron chi connectivity index (χ1n) is 5.30. The summed E-state index contributed by atoms with van der Waals surface area (Å²) in [5.41, 5.74) is 0.167. The number of urea groups is 1. The van der Waals surface area contributed by atoms with Crippen molar-refractivity contribution in [3.63, 3.8) is 0 Å². The average Bonchev–Trinajstić information content (AvgIpc) is 2.30. The number of carbonyl (C=O) groups is 2. The van der Waals surface area contributed by atoms with E-state index in [-0.39, 0.29) is 21.6 Å². The van der Waals surface area contributed by atoms with Gasteiger partial charge in [0.05, 0.1) is 10.7 Å². The van der Waals surface area contributed by atoms with Crippen LogP contribution in [0.1, 0.15) is 13.3 Å². The summed E-state index contributed by atoms with van der Waals surface area (Å²) in [5.74, 6) is -1.69. The van der Waals surface area contributed by atoms with E-state index in [4.69, 9.17) is 16.7 Å². The number of benzene rings is 1. The van der Waals surface area contributed by atoms with Gasteiger partial charge in [0.2, 0.25) is 0 Å². The Hall–Kier alpha value is -1.34. The van der Waals surface area contributed by atoms with Crippen molar-refractivity contribution in [3.05, 3.63) is 27.4 Å². The molecule has 104 valence electrons. The molecule has 8 heteroatoms. The maximum Gasteiger partial charge on any atom is 0.326 e. The molecule has 0 fully saturated rings. The zero-order chi connectivity index (χ0) is 14.6. The highest BCUT2D eigenvalue weighted by Crippen LogP contribution is 2.31. The Kier molecular flexibility index (Phi) is 5.56. The molecule has 1 aromatic carbocycles. The van der Waals surface area contributed by atoms with Crippen LogP contribution in [0.4, 0.5) is 14.9 Å². The van der Waals surface area contributed by atoms with E-state index in [0.29, 0.717) is 0 Å². The molecule has 0 aliphatic carbocycles. The number of aliphatic carboxylic acids is 1. The van der Waals surface area contributed by atoms with Gasteiger partial charge in [-0.05, 0) is 34.5 Å². The molecule has 0 bridgehead atoms. The van der Waals surface area contributed by atoms with Crippen LogP contribution in [0.5, 0.6) is 0 Å². The Morgan fingerprint density at radius 3 is 2.63 bits per heavy atom. The largest absolute Gasteiger partial charge is 0.480 e. The number of hydrogen-bond donors (Lipinski definition) is 3. The maximum atomic E-state index is 13.0. The van der Waals surface area contributed by atoms with Crippen molar-refractivity contribution in [2.75, 3.05) is 5.32 Å². The molecule has 0 saturated carbocycles. The van der Waals surface area contributed by atoms with Crippen LogP contribution in [-0.2, 0) is 4.79 Å². The summed E-state index contributed by atoms with van der Waals surface area (Å²) < 4.78 is 13.3. The van der Waals surface area contributed by atoms with Crippen LogP contribution in [-0.4, -0.2) is 23.1 Å². The molecule has 0 saturated heterocycles. The summed E-state index contributed by atoms with van der Waals surface area (Å²) in [6, 6.07) is 0.438. The van der Waals surface area contributed by atoms with Gasteiger partial charge in [-0.2, -0.15) is 0 Å². The van der Waals surface area contributed by atoms with Crippen molar-refractivity contribution < 1.29 is 19.1 Å². The second kappa shape index (κ2) is 6.72. The van der Waals surface area contributed by atoms with Gasteiger partial charge in [-0.15, -0.1) is 0 Å². The Bertz CT molecular complexity index is 490. The number of halogens is 3. The minimum atomic E-state index is -1.14. The highest BCUT2D eigenvalue weighted by molar-refractivity contribution is 9.10. The molecule has 0 radical (unpaired) electrons. The van der Waals surface area contributed by atoms with Crippen molar-refractivity contribution in [1.82, 2.24) is 5.32 Å². The number of anilines is 1. The van der Waals surface area contributed by atoms with E-state index in [1.165, 1.54) is 0 Å². The maximum absolute atomic E-state index is 13.0. The van der Waals surface area contributed by atoms with Gasteiger partial charge in [0, 0.05) is 4.47 Å². The molecular weight excluding hydrogens is 342 g/mol. The summed E-state index contributed by atoms with van der Waals surface area (Å²) in [5, 5.41) is 13.4. The van der Waals surface area contributed by atoms with Gasteiger partial charge >= 0.3 is 12.0 Å². The predicted octanol–water partition coefficient (Wildman–Crippen LogP) is 3.23. The number of amides is 2. The SMILES string of the molecule is CC[C@@H](NC(=O)Nc1c(Cl)cc(F)cc1Br)C(=O)O. The molecule has 0 aliphatic heterocycles. The quantitative estimate of drug-likeness (QED) is 0.777. The number of hydrogen-bond acceptors (Lipinski definition) is 2. The lowest BCUT2D eigenvalue weighted by atomic mass is 10.2. The summed E-state index contributed by atoms with van der Waals surface area (Å²) in [7, 11) is 0. The van der Waals surface area contributed by atoms with E-state index in [1.54, 1.807) is 6.92 Å². The average molecular weight is 354 g/mol. The first-order chi connectivity index (χ1) is 8.85. The Balaban J connectivity index is 2.80. The molecule has 1 rings (SSSR count). The van der Waals surface area contributed by atoms with Gasteiger partial charge in [0.25, 0.3) is 0 Å². The lowest BCUT2D eigenvalue weighted by Crippen LogP contribution is -2.42. The predicted molar refractivity (Wildman–Crippen MR) is 73.0 cm³/mol. The van der Waals surface area contributed by atoms with Crippen LogP contribution in [0.3, 0.4) is 0 Å². The fourth-order valence-electron chi connectivity index (χ4n) is 1.31. The lowest BCUT2D eigenvalue weighted by molar-refractivity contribution is -0.139. The summed E-state index contributed by atoms with van der Waals surface area (Å²) in [6.45, 7) is 1.62. The number of carboxylic acids is 1. The van der Waals surface area contributed by atoms with E-state index >= 15 is 0 Å². The fraction of sp³-hybridized carbons (Fsp3) is 0.273. The van der Waals surface area contributed by atoms with Gasteiger partial charge in [-0.1, -0.05) is 18.5 Å². The van der Waals surface area contributed by atoms with Gasteiger partial charge < -0.3 is 15.7 Å². The van der Waals surface area contributed by atoms with Crippen molar-refractivity contribution in [2.45, 2.75) is 19.4 Å². The molecule has 0 aliphatic rings. The number of rotatable bonds is 4. The molecule has 3 N–H and O–H groups in total. The minimum Gasteiger partial charge on any atom is -0.480 e. The van der Waals surface area contributed by atoms with Crippen LogP contribution in [0.15, 0.2) is 16.6 Å². The molecule has 0 unspecified atom stereocenters. The second-order valence-corrected chi connectivity index (χ2v) is 4.90. The first-order valence-corrected chi connectivity index (χ1v) is 6.47. The number of carbonyl (C=O) groups excluding carboxylic acids is 1. The molecule has 1 aromatic rings. The Labute approximate surface area is 122 Å². The molecule has 0 spiro atoms. The Morgan fingerprint density at radius 2 is 2.16 bits per heavy atom. The van der Waals surface area contributed by atoms with Crippen molar-refractivity contribution >= 4 is 45.2 Å². The zero-order valence-corrected chi connectivity index (χ0v) is 12.2. The topological polar surface area (TPSA) is 78.4 Å². The molecule has 5 nitrogen and oxygen atoms in total. The normalized spacial score (nSPS) is 11.8. The van der Waals surface area contributed by atoms with E-state index in [0.717, 1.165) is 12.1 Å². The third kappa shape index (κ3) is 4.36.